The molecule has 0 bridgehead atoms. The first kappa shape index (κ1) is 15.8. The third-order valence-corrected chi connectivity index (χ3v) is 5.36. The van der Waals surface area contributed by atoms with E-state index in [4.69, 9.17) is 0 Å². The number of quaternary nitrogens is 1. The van der Waals surface area contributed by atoms with Gasteiger partial charge in [-0.3, -0.25) is 9.59 Å². The Morgan fingerprint density at radius 3 is 2.73 bits per heavy atom. The van der Waals surface area contributed by atoms with Gasteiger partial charge >= 0.3 is 0 Å². The molecule has 1 aromatic rings. The average Bonchev–Trinajstić information content (AvgIpc) is 2.76. The van der Waals surface area contributed by atoms with Crippen LogP contribution in [-0.4, -0.2) is 35.8 Å². The number of benzene rings is 1. The van der Waals surface area contributed by atoms with Crippen LogP contribution in [0.25, 0.3) is 6.08 Å². The van der Waals surface area contributed by atoms with Gasteiger partial charge in [-0.15, -0.1) is 0 Å². The van der Waals surface area contributed by atoms with Gasteiger partial charge in [0.25, 0.3) is 11.1 Å². The minimum atomic E-state index is -0.159. The number of rotatable bonds is 3. The Labute approximate surface area is 142 Å². The number of hydrogen-bond acceptors (Lipinski definition) is 3. The molecule has 4 nitrogen and oxygen atoms in total. The molecule has 6 heteroatoms. The molecule has 1 aromatic carbocycles. The van der Waals surface area contributed by atoms with Gasteiger partial charge in [0.05, 0.1) is 18.0 Å². The Bertz CT molecular complexity index is 626. The maximum Gasteiger partial charge on any atom is 0.298 e. The summed E-state index contributed by atoms with van der Waals surface area (Å²) < 4.78 is 0.957. The number of amides is 2. The van der Waals surface area contributed by atoms with Crippen LogP contribution in [0.3, 0.4) is 0 Å². The van der Waals surface area contributed by atoms with E-state index in [0.717, 1.165) is 34.9 Å². The molecule has 116 valence electrons. The molecule has 0 aromatic heterocycles. The van der Waals surface area contributed by atoms with Gasteiger partial charge < -0.3 is 4.90 Å². The Morgan fingerprint density at radius 1 is 1.23 bits per heavy atom. The predicted octanol–water partition coefficient (Wildman–Crippen LogP) is 2.51. The molecular weight excluding hydrogens is 364 g/mol. The van der Waals surface area contributed by atoms with E-state index in [9.17, 15) is 9.59 Å². The molecular formula is C16H18BrN2O2S+. The van der Waals surface area contributed by atoms with Crippen LogP contribution in [0.2, 0.25) is 0 Å². The number of nitrogens with zero attached hydrogens (tertiary/aromatic N) is 1. The van der Waals surface area contributed by atoms with Crippen molar-refractivity contribution in [1.29, 1.82) is 0 Å². The molecule has 0 spiro atoms. The van der Waals surface area contributed by atoms with E-state index in [1.54, 1.807) is 6.08 Å². The van der Waals surface area contributed by atoms with E-state index in [0.29, 0.717) is 11.6 Å². The van der Waals surface area contributed by atoms with Crippen molar-refractivity contribution >= 4 is 44.9 Å². The SMILES string of the molecule is O=C1S/C(=C\c2cccc(Br)c2)C(=O)N1C[NH+]1CCCCC1. The van der Waals surface area contributed by atoms with Crippen molar-refractivity contribution in [3.8, 4) is 0 Å². The van der Waals surface area contributed by atoms with Gasteiger partial charge in [0.2, 0.25) is 0 Å². The van der Waals surface area contributed by atoms with Gasteiger partial charge in [0, 0.05) is 4.47 Å². The second-order valence-corrected chi connectivity index (χ2v) is 7.54. The lowest BCUT2D eigenvalue weighted by molar-refractivity contribution is -0.912. The van der Waals surface area contributed by atoms with E-state index in [1.165, 1.54) is 29.1 Å². The number of carbonyl (C=O) groups excluding carboxylic acids is 2. The second-order valence-electron chi connectivity index (χ2n) is 5.63. The standard InChI is InChI=1S/C16H17BrN2O2S/c17-13-6-4-5-12(9-13)10-14-15(20)19(16(21)22-14)11-18-7-2-1-3-8-18/h4-6,9-10H,1-3,7-8,11H2/p+1/b14-10-. The molecule has 2 aliphatic heterocycles. The first-order valence-corrected chi connectivity index (χ1v) is 9.09. The van der Waals surface area contributed by atoms with E-state index in [2.05, 4.69) is 15.9 Å². The monoisotopic (exact) mass is 381 g/mol. The van der Waals surface area contributed by atoms with Gasteiger partial charge in [-0.25, -0.2) is 4.90 Å². The molecule has 2 amide bonds. The molecule has 0 atom stereocenters. The summed E-state index contributed by atoms with van der Waals surface area (Å²) in [5.41, 5.74) is 0.921. The molecule has 2 saturated heterocycles. The summed E-state index contributed by atoms with van der Waals surface area (Å²) in [6.45, 7) is 2.60. The summed E-state index contributed by atoms with van der Waals surface area (Å²) >= 11 is 4.46. The van der Waals surface area contributed by atoms with Gasteiger partial charge in [-0.05, 0) is 54.8 Å². The molecule has 22 heavy (non-hydrogen) atoms. The highest BCUT2D eigenvalue weighted by atomic mass is 79.9. The molecule has 2 heterocycles. The predicted molar refractivity (Wildman–Crippen MR) is 91.4 cm³/mol. The van der Waals surface area contributed by atoms with E-state index in [-0.39, 0.29) is 11.1 Å². The number of hydrogen-bond donors (Lipinski definition) is 1. The summed E-state index contributed by atoms with van der Waals surface area (Å²) in [6, 6.07) is 7.71. The number of piperidine rings is 1. The van der Waals surface area contributed by atoms with Crippen molar-refractivity contribution in [3.63, 3.8) is 0 Å². The quantitative estimate of drug-likeness (QED) is 0.817. The summed E-state index contributed by atoms with van der Waals surface area (Å²) in [6.07, 6.45) is 5.41. The van der Waals surface area contributed by atoms with Crippen LogP contribution in [0.4, 0.5) is 4.79 Å². The van der Waals surface area contributed by atoms with E-state index in [1.807, 2.05) is 24.3 Å². The lowest BCUT2D eigenvalue weighted by atomic mass is 10.1. The molecule has 0 radical (unpaired) electrons. The van der Waals surface area contributed by atoms with Gasteiger partial charge in [-0.1, -0.05) is 28.1 Å². The lowest BCUT2D eigenvalue weighted by Gasteiger charge is -2.26. The highest BCUT2D eigenvalue weighted by Crippen LogP contribution is 2.31. The minimum Gasteiger partial charge on any atom is -0.317 e. The normalized spacial score (nSPS) is 21.9. The minimum absolute atomic E-state index is 0.149. The smallest absolute Gasteiger partial charge is 0.298 e. The summed E-state index contributed by atoms with van der Waals surface area (Å²) in [5.74, 6) is -0.159. The zero-order valence-electron chi connectivity index (χ0n) is 12.2. The van der Waals surface area contributed by atoms with E-state index >= 15 is 0 Å². The molecule has 0 unspecified atom stereocenters. The van der Waals surface area contributed by atoms with Gasteiger partial charge in [-0.2, -0.15) is 0 Å². The number of carbonyl (C=O) groups is 2. The van der Waals surface area contributed by atoms with Crippen molar-refractivity contribution in [2.24, 2.45) is 0 Å². The van der Waals surface area contributed by atoms with Crippen LogP contribution >= 0.6 is 27.7 Å². The fourth-order valence-electron chi connectivity index (χ4n) is 2.82. The van der Waals surface area contributed by atoms with Crippen LogP contribution in [-0.2, 0) is 4.79 Å². The Hall–Kier alpha value is -1.11. The maximum absolute atomic E-state index is 12.5. The van der Waals surface area contributed by atoms with Crippen molar-refractivity contribution in [1.82, 2.24) is 4.90 Å². The van der Waals surface area contributed by atoms with Crippen molar-refractivity contribution in [2.45, 2.75) is 19.3 Å². The third-order valence-electron chi connectivity index (χ3n) is 3.96. The molecule has 2 fully saturated rings. The fraction of sp³-hybridized carbons (Fsp3) is 0.375. The second kappa shape index (κ2) is 6.98. The van der Waals surface area contributed by atoms with Gasteiger partial charge in [0.15, 0.2) is 6.67 Å². The Morgan fingerprint density at radius 2 is 2.00 bits per heavy atom. The van der Waals surface area contributed by atoms with Crippen molar-refractivity contribution < 1.29 is 14.5 Å². The van der Waals surface area contributed by atoms with Crippen LogP contribution < -0.4 is 4.90 Å². The van der Waals surface area contributed by atoms with Crippen LogP contribution in [0.15, 0.2) is 33.6 Å². The van der Waals surface area contributed by atoms with Gasteiger partial charge in [0.1, 0.15) is 0 Å². The molecule has 1 N–H and O–H groups in total. The molecule has 0 saturated carbocycles. The number of likely N-dealkylation sites (tertiary alicyclic amines) is 1. The average molecular weight is 382 g/mol. The number of halogens is 1. The van der Waals surface area contributed by atoms with Crippen LogP contribution in [0.5, 0.6) is 0 Å². The molecule has 0 aliphatic carbocycles. The Kier molecular flexibility index (Phi) is 5.00. The third kappa shape index (κ3) is 3.62. The summed E-state index contributed by atoms with van der Waals surface area (Å²) in [5, 5.41) is -0.149. The zero-order chi connectivity index (χ0) is 15.5. The number of nitrogens with one attached hydrogen (secondary N) is 1. The topological polar surface area (TPSA) is 41.8 Å². The summed E-state index contributed by atoms with van der Waals surface area (Å²) in [4.78, 5) is 27.8. The van der Waals surface area contributed by atoms with Crippen molar-refractivity contribution in [2.75, 3.05) is 19.8 Å². The highest BCUT2D eigenvalue weighted by molar-refractivity contribution is 9.10. The lowest BCUT2D eigenvalue weighted by Crippen LogP contribution is -3.14. The van der Waals surface area contributed by atoms with Crippen LogP contribution in [0, 0.1) is 0 Å². The highest BCUT2D eigenvalue weighted by Gasteiger charge is 2.37. The fourth-order valence-corrected chi connectivity index (χ4v) is 4.07. The molecule has 3 rings (SSSR count). The van der Waals surface area contributed by atoms with Crippen molar-refractivity contribution in [3.05, 3.63) is 39.2 Å². The first-order valence-electron chi connectivity index (χ1n) is 7.48. The number of thioether (sulfide) groups is 1. The first-order chi connectivity index (χ1) is 10.6. The van der Waals surface area contributed by atoms with Crippen LogP contribution in [0.1, 0.15) is 24.8 Å². The Balaban J connectivity index is 1.73. The molecule has 2 aliphatic rings. The maximum atomic E-state index is 12.5. The largest absolute Gasteiger partial charge is 0.317 e. The summed E-state index contributed by atoms with van der Waals surface area (Å²) in [7, 11) is 0. The number of imide groups is 1. The van der Waals surface area contributed by atoms with E-state index < -0.39 is 0 Å². The zero-order valence-corrected chi connectivity index (χ0v) is 14.6.